The summed E-state index contributed by atoms with van der Waals surface area (Å²) in [5.41, 5.74) is 0.254. The number of aromatic carboxylic acids is 1. The molecule has 2 N–H and O–H groups in total. The molecule has 0 radical (unpaired) electrons. The maximum atomic E-state index is 14.1. The molecule has 0 unspecified atom stereocenters. The lowest BCUT2D eigenvalue weighted by Crippen LogP contribution is -2.04. The van der Waals surface area contributed by atoms with Crippen LogP contribution in [0.5, 0.6) is 0 Å². The van der Waals surface area contributed by atoms with Crippen LogP contribution in [0.4, 0.5) is 4.39 Å². The van der Waals surface area contributed by atoms with Crippen molar-refractivity contribution in [2.45, 2.75) is 0 Å². The van der Waals surface area contributed by atoms with Crippen LogP contribution in [0.3, 0.4) is 0 Å². The van der Waals surface area contributed by atoms with Crippen molar-refractivity contribution in [3.8, 4) is 11.3 Å². The standard InChI is InChI=1S/C14H10FN3O3/c1-18-9-5-6-10(19)16-12(9)13(17-18)11-7(14(20)21)3-2-4-8(11)15/h2-6H,1H3,(H,16,19)(H,20,21). The van der Waals surface area contributed by atoms with Crippen molar-refractivity contribution in [3.63, 3.8) is 0 Å². The van der Waals surface area contributed by atoms with Gasteiger partial charge in [0.25, 0.3) is 0 Å². The molecule has 3 aromatic rings. The summed E-state index contributed by atoms with van der Waals surface area (Å²) in [5.74, 6) is -1.97. The molecule has 0 bridgehead atoms. The first-order valence-corrected chi connectivity index (χ1v) is 6.07. The molecule has 0 amide bonds. The number of halogens is 1. The van der Waals surface area contributed by atoms with Gasteiger partial charge in [-0.05, 0) is 18.2 Å². The SMILES string of the molecule is Cn1nc(-c2c(F)cccc2C(=O)O)c2[nH]c(=O)ccc21. The first-order valence-electron chi connectivity index (χ1n) is 6.07. The summed E-state index contributed by atoms with van der Waals surface area (Å²) in [6, 6.07) is 6.64. The summed E-state index contributed by atoms with van der Waals surface area (Å²) in [6.45, 7) is 0. The van der Waals surface area contributed by atoms with E-state index in [9.17, 15) is 19.1 Å². The van der Waals surface area contributed by atoms with Crippen LogP contribution in [0.25, 0.3) is 22.3 Å². The van der Waals surface area contributed by atoms with Crippen LogP contribution in [0.2, 0.25) is 0 Å². The Balaban J connectivity index is 2.44. The summed E-state index contributed by atoms with van der Waals surface area (Å²) in [7, 11) is 1.63. The highest BCUT2D eigenvalue weighted by molar-refractivity contribution is 6.00. The van der Waals surface area contributed by atoms with E-state index in [0.717, 1.165) is 6.07 Å². The zero-order chi connectivity index (χ0) is 15.1. The number of aromatic amines is 1. The Labute approximate surface area is 117 Å². The minimum absolute atomic E-state index is 0.0979. The minimum atomic E-state index is -1.26. The van der Waals surface area contributed by atoms with Gasteiger partial charge in [0.2, 0.25) is 5.56 Å². The van der Waals surface area contributed by atoms with E-state index in [-0.39, 0.29) is 22.4 Å². The van der Waals surface area contributed by atoms with Gasteiger partial charge in [-0.2, -0.15) is 5.10 Å². The fourth-order valence-electron chi connectivity index (χ4n) is 2.29. The number of nitrogens with one attached hydrogen (secondary N) is 1. The van der Waals surface area contributed by atoms with E-state index in [1.165, 1.54) is 22.9 Å². The van der Waals surface area contributed by atoms with E-state index < -0.39 is 11.8 Å². The van der Waals surface area contributed by atoms with Crippen molar-refractivity contribution in [2.75, 3.05) is 0 Å². The number of pyridine rings is 1. The molecule has 0 aliphatic rings. The van der Waals surface area contributed by atoms with E-state index >= 15 is 0 Å². The number of nitrogens with zero attached hydrogens (tertiary/aromatic N) is 2. The zero-order valence-electron chi connectivity index (χ0n) is 10.9. The molecule has 3 rings (SSSR count). The smallest absolute Gasteiger partial charge is 0.336 e. The van der Waals surface area contributed by atoms with Gasteiger partial charge < -0.3 is 10.1 Å². The Kier molecular flexibility index (Phi) is 2.83. The van der Waals surface area contributed by atoms with Crippen LogP contribution < -0.4 is 5.56 Å². The summed E-state index contributed by atoms with van der Waals surface area (Å²) < 4.78 is 15.6. The summed E-state index contributed by atoms with van der Waals surface area (Å²) in [4.78, 5) is 25.3. The van der Waals surface area contributed by atoms with Gasteiger partial charge in [0.15, 0.2) is 0 Å². The number of aromatic nitrogens is 3. The Morgan fingerprint density at radius 2 is 2.10 bits per heavy atom. The lowest BCUT2D eigenvalue weighted by atomic mass is 10.0. The summed E-state index contributed by atoms with van der Waals surface area (Å²) >= 11 is 0. The molecular formula is C14H10FN3O3. The van der Waals surface area contributed by atoms with Crippen LogP contribution in [0.1, 0.15) is 10.4 Å². The first-order chi connectivity index (χ1) is 9.99. The molecule has 2 aromatic heterocycles. The number of rotatable bonds is 2. The molecule has 0 fully saturated rings. The minimum Gasteiger partial charge on any atom is -0.478 e. The number of benzene rings is 1. The van der Waals surface area contributed by atoms with Crippen molar-refractivity contribution in [3.05, 3.63) is 52.1 Å². The Bertz CT molecular complexity index is 927. The van der Waals surface area contributed by atoms with Crippen molar-refractivity contribution in [1.29, 1.82) is 0 Å². The number of fused-ring (bicyclic) bond motifs is 1. The highest BCUT2D eigenvalue weighted by Crippen LogP contribution is 2.30. The van der Waals surface area contributed by atoms with Crippen LogP contribution in [0, 0.1) is 5.82 Å². The lowest BCUT2D eigenvalue weighted by molar-refractivity contribution is 0.0697. The molecule has 0 spiro atoms. The monoisotopic (exact) mass is 287 g/mol. The largest absolute Gasteiger partial charge is 0.478 e. The van der Waals surface area contributed by atoms with Gasteiger partial charge in [0.05, 0.1) is 22.2 Å². The molecule has 0 atom stereocenters. The molecule has 6 nitrogen and oxygen atoms in total. The number of aryl methyl sites for hydroxylation is 1. The third-order valence-corrected chi connectivity index (χ3v) is 3.21. The second-order valence-corrected chi connectivity index (χ2v) is 4.52. The Hall–Kier alpha value is -2.96. The van der Waals surface area contributed by atoms with E-state index in [4.69, 9.17) is 0 Å². The quantitative estimate of drug-likeness (QED) is 0.751. The fourth-order valence-corrected chi connectivity index (χ4v) is 2.29. The molecule has 0 aliphatic carbocycles. The van der Waals surface area contributed by atoms with E-state index in [2.05, 4.69) is 10.1 Å². The number of carboxylic acids is 1. The third kappa shape index (κ3) is 1.99. The van der Waals surface area contributed by atoms with Crippen LogP contribution in [0.15, 0.2) is 35.1 Å². The van der Waals surface area contributed by atoms with Gasteiger partial charge in [-0.3, -0.25) is 9.48 Å². The van der Waals surface area contributed by atoms with Gasteiger partial charge in [0.1, 0.15) is 11.5 Å². The molecule has 21 heavy (non-hydrogen) atoms. The van der Waals surface area contributed by atoms with Gasteiger partial charge in [0, 0.05) is 13.1 Å². The second-order valence-electron chi connectivity index (χ2n) is 4.52. The first kappa shape index (κ1) is 13.0. The maximum Gasteiger partial charge on any atom is 0.336 e. The van der Waals surface area contributed by atoms with E-state index in [1.807, 2.05) is 0 Å². The molecule has 0 saturated heterocycles. The normalized spacial score (nSPS) is 11.0. The van der Waals surface area contributed by atoms with Gasteiger partial charge in [-0.1, -0.05) is 6.07 Å². The van der Waals surface area contributed by atoms with Gasteiger partial charge >= 0.3 is 5.97 Å². The number of carboxylic acid groups (broad SMARTS) is 1. The van der Waals surface area contributed by atoms with Crippen molar-refractivity contribution in [1.82, 2.24) is 14.8 Å². The molecule has 106 valence electrons. The predicted molar refractivity (Wildman–Crippen MR) is 73.7 cm³/mol. The highest BCUT2D eigenvalue weighted by Gasteiger charge is 2.21. The summed E-state index contributed by atoms with van der Waals surface area (Å²) in [6.07, 6.45) is 0. The number of hydrogen-bond acceptors (Lipinski definition) is 3. The Morgan fingerprint density at radius 3 is 2.81 bits per heavy atom. The molecular weight excluding hydrogens is 277 g/mol. The number of carbonyl (C=O) groups is 1. The van der Waals surface area contributed by atoms with Crippen molar-refractivity contribution in [2.24, 2.45) is 7.05 Å². The lowest BCUT2D eigenvalue weighted by Gasteiger charge is -2.04. The summed E-state index contributed by atoms with van der Waals surface area (Å²) in [5, 5.41) is 13.4. The predicted octanol–water partition coefficient (Wildman–Crippen LogP) is 1.77. The third-order valence-electron chi connectivity index (χ3n) is 3.21. The number of H-pyrrole nitrogens is 1. The number of hydrogen-bond donors (Lipinski definition) is 2. The van der Waals surface area contributed by atoms with Gasteiger partial charge in [-0.25, -0.2) is 9.18 Å². The fraction of sp³-hybridized carbons (Fsp3) is 0.0714. The van der Waals surface area contributed by atoms with Crippen LogP contribution in [-0.2, 0) is 7.05 Å². The second kappa shape index (κ2) is 4.55. The molecule has 0 saturated carbocycles. The van der Waals surface area contributed by atoms with Crippen molar-refractivity contribution < 1.29 is 14.3 Å². The highest BCUT2D eigenvalue weighted by atomic mass is 19.1. The average molecular weight is 287 g/mol. The topological polar surface area (TPSA) is 88.0 Å². The maximum absolute atomic E-state index is 14.1. The molecule has 7 heteroatoms. The molecule has 0 aliphatic heterocycles. The molecule has 2 heterocycles. The Morgan fingerprint density at radius 1 is 1.33 bits per heavy atom. The average Bonchev–Trinajstić information content (AvgIpc) is 2.74. The van der Waals surface area contributed by atoms with Crippen LogP contribution in [-0.4, -0.2) is 25.8 Å². The zero-order valence-corrected chi connectivity index (χ0v) is 10.9. The van der Waals surface area contributed by atoms with E-state index in [1.54, 1.807) is 13.1 Å². The van der Waals surface area contributed by atoms with Gasteiger partial charge in [-0.15, -0.1) is 0 Å². The van der Waals surface area contributed by atoms with Crippen LogP contribution >= 0.6 is 0 Å². The van der Waals surface area contributed by atoms with Crippen molar-refractivity contribution >= 4 is 17.0 Å². The molecule has 1 aromatic carbocycles. The van der Waals surface area contributed by atoms with E-state index in [0.29, 0.717) is 11.0 Å².